The van der Waals surface area contributed by atoms with Crippen LogP contribution in [0.25, 0.3) is 0 Å². The third kappa shape index (κ3) is 2.45. The van der Waals surface area contributed by atoms with Gasteiger partial charge >= 0.3 is 0 Å². The van der Waals surface area contributed by atoms with Gasteiger partial charge in [0.05, 0.1) is 6.61 Å². The molecule has 0 radical (unpaired) electrons. The van der Waals surface area contributed by atoms with Crippen molar-refractivity contribution in [3.63, 3.8) is 0 Å². The number of aliphatic hydroxyl groups is 1. The van der Waals surface area contributed by atoms with Crippen LogP contribution in [0.2, 0.25) is 0 Å². The molecule has 0 aliphatic heterocycles. The quantitative estimate of drug-likeness (QED) is 0.780. The van der Waals surface area contributed by atoms with E-state index in [2.05, 4.69) is 15.3 Å². The van der Waals surface area contributed by atoms with Gasteiger partial charge in [-0.2, -0.15) is 0 Å². The van der Waals surface area contributed by atoms with Crippen molar-refractivity contribution in [2.75, 3.05) is 18.5 Å². The molecule has 0 amide bonds. The molecule has 0 atom stereocenters. The van der Waals surface area contributed by atoms with Crippen LogP contribution in [0.4, 0.5) is 5.82 Å². The Labute approximate surface area is 89.8 Å². The van der Waals surface area contributed by atoms with Gasteiger partial charge < -0.3 is 10.4 Å². The molecule has 1 aromatic heterocycles. The largest absolute Gasteiger partial charge is 0.396 e. The first-order chi connectivity index (χ1) is 7.13. The number of aliphatic hydroxyl groups excluding tert-OH is 1. The molecule has 1 fully saturated rings. The van der Waals surface area contributed by atoms with Crippen molar-refractivity contribution in [1.29, 1.82) is 0 Å². The Morgan fingerprint density at radius 2 is 2.13 bits per heavy atom. The van der Waals surface area contributed by atoms with Crippen molar-refractivity contribution in [3.8, 4) is 0 Å². The predicted molar refractivity (Wildman–Crippen MR) is 58.7 cm³/mol. The van der Waals surface area contributed by atoms with Crippen molar-refractivity contribution in [3.05, 3.63) is 17.6 Å². The summed E-state index contributed by atoms with van der Waals surface area (Å²) in [6.07, 6.45) is 2.22. The summed E-state index contributed by atoms with van der Waals surface area (Å²) in [5.41, 5.74) is 1.09. The van der Waals surface area contributed by atoms with Gasteiger partial charge in [0, 0.05) is 23.7 Å². The van der Waals surface area contributed by atoms with Gasteiger partial charge in [0.1, 0.15) is 11.6 Å². The SMILES string of the molecule is Cc1cc(NCC2(CO)CC2)nc(C)n1. The highest BCUT2D eigenvalue weighted by atomic mass is 16.3. The molecule has 1 saturated carbocycles. The number of hydrogen-bond donors (Lipinski definition) is 2. The Balaban J connectivity index is 1.99. The van der Waals surface area contributed by atoms with Crippen LogP contribution in [-0.4, -0.2) is 28.2 Å². The van der Waals surface area contributed by atoms with Crippen LogP contribution in [0.15, 0.2) is 6.07 Å². The van der Waals surface area contributed by atoms with Crippen molar-refractivity contribution in [2.45, 2.75) is 26.7 Å². The average Bonchev–Trinajstić information content (AvgIpc) is 2.94. The molecule has 0 aromatic carbocycles. The van der Waals surface area contributed by atoms with Gasteiger partial charge in [-0.25, -0.2) is 9.97 Å². The summed E-state index contributed by atoms with van der Waals surface area (Å²) in [6, 6.07) is 1.93. The second kappa shape index (κ2) is 3.77. The first-order valence-electron chi connectivity index (χ1n) is 5.31. The highest BCUT2D eigenvalue weighted by Crippen LogP contribution is 2.44. The number of nitrogens with one attached hydrogen (secondary N) is 1. The Hall–Kier alpha value is -1.16. The third-order valence-electron chi connectivity index (χ3n) is 2.90. The maximum Gasteiger partial charge on any atom is 0.129 e. The first-order valence-corrected chi connectivity index (χ1v) is 5.31. The van der Waals surface area contributed by atoms with Crippen LogP contribution in [0, 0.1) is 19.3 Å². The number of nitrogens with zero attached hydrogens (tertiary/aromatic N) is 2. The van der Waals surface area contributed by atoms with Gasteiger partial charge in [0.15, 0.2) is 0 Å². The van der Waals surface area contributed by atoms with Gasteiger partial charge in [-0.3, -0.25) is 0 Å². The van der Waals surface area contributed by atoms with Crippen LogP contribution in [0.5, 0.6) is 0 Å². The number of hydrogen-bond acceptors (Lipinski definition) is 4. The molecule has 0 saturated heterocycles. The van der Waals surface area contributed by atoms with Crippen LogP contribution in [-0.2, 0) is 0 Å². The summed E-state index contributed by atoms with van der Waals surface area (Å²) in [5.74, 6) is 1.64. The lowest BCUT2D eigenvalue weighted by Crippen LogP contribution is -2.19. The standard InChI is InChI=1S/C11H17N3O/c1-8-5-10(14-9(2)13-8)12-6-11(7-15)3-4-11/h5,15H,3-4,6-7H2,1-2H3,(H,12,13,14). The highest BCUT2D eigenvalue weighted by Gasteiger charge is 2.41. The maximum atomic E-state index is 9.17. The van der Waals surface area contributed by atoms with Crippen LogP contribution in [0.3, 0.4) is 0 Å². The smallest absolute Gasteiger partial charge is 0.129 e. The van der Waals surface area contributed by atoms with E-state index in [0.29, 0.717) is 0 Å². The molecule has 4 heteroatoms. The van der Waals surface area contributed by atoms with Crippen LogP contribution in [0.1, 0.15) is 24.4 Å². The third-order valence-corrected chi connectivity index (χ3v) is 2.90. The Morgan fingerprint density at radius 1 is 1.40 bits per heavy atom. The minimum Gasteiger partial charge on any atom is -0.396 e. The van der Waals surface area contributed by atoms with E-state index in [1.165, 1.54) is 0 Å². The second-order valence-electron chi connectivity index (χ2n) is 4.45. The lowest BCUT2D eigenvalue weighted by Gasteiger charge is -2.13. The predicted octanol–water partition coefficient (Wildman–Crippen LogP) is 1.28. The summed E-state index contributed by atoms with van der Waals surface area (Å²) in [4.78, 5) is 8.51. The first kappa shape index (κ1) is 10.4. The fourth-order valence-electron chi connectivity index (χ4n) is 1.65. The molecule has 4 nitrogen and oxygen atoms in total. The van der Waals surface area contributed by atoms with Gasteiger partial charge in [-0.15, -0.1) is 0 Å². The fraction of sp³-hybridized carbons (Fsp3) is 0.636. The topological polar surface area (TPSA) is 58.0 Å². The van der Waals surface area contributed by atoms with E-state index in [1.54, 1.807) is 0 Å². The van der Waals surface area contributed by atoms with E-state index in [9.17, 15) is 5.11 Å². The van der Waals surface area contributed by atoms with Crippen molar-refractivity contribution in [2.24, 2.45) is 5.41 Å². The zero-order valence-corrected chi connectivity index (χ0v) is 9.25. The number of anilines is 1. The lowest BCUT2D eigenvalue weighted by molar-refractivity contribution is 0.219. The van der Waals surface area contributed by atoms with E-state index in [0.717, 1.165) is 36.7 Å². The molecule has 0 unspecified atom stereocenters. The monoisotopic (exact) mass is 207 g/mol. The molecular weight excluding hydrogens is 190 g/mol. The van der Waals surface area contributed by atoms with E-state index < -0.39 is 0 Å². The molecule has 0 bridgehead atoms. The Kier molecular flexibility index (Phi) is 2.61. The van der Waals surface area contributed by atoms with Gasteiger partial charge in [-0.05, 0) is 26.7 Å². The minimum absolute atomic E-state index is 0.118. The van der Waals surface area contributed by atoms with Gasteiger partial charge in [-0.1, -0.05) is 0 Å². The van der Waals surface area contributed by atoms with Gasteiger partial charge in [0.25, 0.3) is 0 Å². The molecule has 15 heavy (non-hydrogen) atoms. The zero-order chi connectivity index (χ0) is 10.9. The highest BCUT2D eigenvalue weighted by molar-refractivity contribution is 5.36. The number of aromatic nitrogens is 2. The molecule has 1 heterocycles. The minimum atomic E-state index is 0.118. The Bertz CT molecular complexity index is 341. The summed E-state index contributed by atoms with van der Waals surface area (Å²) >= 11 is 0. The van der Waals surface area contributed by atoms with Crippen molar-refractivity contribution >= 4 is 5.82 Å². The summed E-state index contributed by atoms with van der Waals surface area (Å²) < 4.78 is 0. The molecule has 1 aliphatic carbocycles. The number of aryl methyl sites for hydroxylation is 2. The summed E-state index contributed by atoms with van der Waals surface area (Å²) in [7, 11) is 0. The summed E-state index contributed by atoms with van der Waals surface area (Å²) in [5, 5.41) is 12.4. The zero-order valence-electron chi connectivity index (χ0n) is 9.25. The van der Waals surface area contributed by atoms with Gasteiger partial charge in [0.2, 0.25) is 0 Å². The van der Waals surface area contributed by atoms with Crippen molar-refractivity contribution < 1.29 is 5.11 Å². The molecule has 0 spiro atoms. The lowest BCUT2D eigenvalue weighted by atomic mass is 10.1. The Morgan fingerprint density at radius 3 is 2.67 bits per heavy atom. The van der Waals surface area contributed by atoms with E-state index in [4.69, 9.17) is 0 Å². The molecule has 1 aromatic rings. The molecule has 2 N–H and O–H groups in total. The van der Waals surface area contributed by atoms with E-state index >= 15 is 0 Å². The van der Waals surface area contributed by atoms with E-state index in [1.807, 2.05) is 19.9 Å². The summed E-state index contributed by atoms with van der Waals surface area (Å²) in [6.45, 7) is 4.92. The van der Waals surface area contributed by atoms with E-state index in [-0.39, 0.29) is 12.0 Å². The van der Waals surface area contributed by atoms with Crippen molar-refractivity contribution in [1.82, 2.24) is 9.97 Å². The second-order valence-corrected chi connectivity index (χ2v) is 4.45. The van der Waals surface area contributed by atoms with Crippen LogP contribution < -0.4 is 5.32 Å². The molecule has 2 rings (SSSR count). The number of rotatable bonds is 4. The average molecular weight is 207 g/mol. The maximum absolute atomic E-state index is 9.17. The normalized spacial score (nSPS) is 17.5. The molecule has 82 valence electrons. The fourth-order valence-corrected chi connectivity index (χ4v) is 1.65. The molecule has 1 aliphatic rings. The van der Waals surface area contributed by atoms with Crippen LogP contribution >= 0.6 is 0 Å². The molecular formula is C11H17N3O.